The minimum Gasteiger partial charge on any atom is -0.377 e. The maximum absolute atomic E-state index is 9.40. The molecule has 0 aromatic carbocycles. The minimum atomic E-state index is 0.106. The maximum atomic E-state index is 9.40. The predicted molar refractivity (Wildman–Crippen MR) is 60.9 cm³/mol. The third-order valence-corrected chi connectivity index (χ3v) is 5.20. The van der Waals surface area contributed by atoms with E-state index >= 15 is 0 Å². The van der Waals surface area contributed by atoms with E-state index in [9.17, 15) is 10.5 Å². The van der Waals surface area contributed by atoms with E-state index in [0.717, 1.165) is 26.1 Å². The van der Waals surface area contributed by atoms with E-state index in [4.69, 9.17) is 9.47 Å². The summed E-state index contributed by atoms with van der Waals surface area (Å²) in [7, 11) is 0. The highest BCUT2D eigenvalue weighted by molar-refractivity contribution is 5.48. The summed E-state index contributed by atoms with van der Waals surface area (Å²) < 4.78 is 11.7. The Hall–Kier alpha value is -1.36. The average molecular weight is 242 g/mol. The van der Waals surface area contributed by atoms with Gasteiger partial charge in [-0.3, -0.25) is 0 Å². The summed E-state index contributed by atoms with van der Waals surface area (Å²) in [5.41, 5.74) is 1.38. The molecule has 0 radical (unpaired) electrons. The molecule has 2 aliphatic heterocycles. The topological polar surface area (TPSA) is 66.0 Å². The molecule has 92 valence electrons. The first-order valence-electron chi connectivity index (χ1n) is 6.64. The molecular formula is C14H14N2O2. The maximum Gasteiger partial charge on any atom is 0.0961 e. The van der Waals surface area contributed by atoms with Crippen molar-refractivity contribution >= 4 is 0 Å². The normalized spacial score (nSPS) is 48.6. The Balaban J connectivity index is 1.91. The second kappa shape index (κ2) is 3.57. The molecule has 6 atom stereocenters. The van der Waals surface area contributed by atoms with Gasteiger partial charge in [0.25, 0.3) is 0 Å². The highest BCUT2D eigenvalue weighted by atomic mass is 16.5. The molecular weight excluding hydrogens is 228 g/mol. The van der Waals surface area contributed by atoms with Crippen molar-refractivity contribution in [2.24, 2.45) is 23.7 Å². The second-order valence-electron chi connectivity index (χ2n) is 5.68. The molecule has 0 aromatic rings. The Morgan fingerprint density at radius 2 is 1.28 bits per heavy atom. The van der Waals surface area contributed by atoms with Crippen LogP contribution in [0.25, 0.3) is 0 Å². The second-order valence-corrected chi connectivity index (χ2v) is 5.68. The predicted octanol–water partition coefficient (Wildman–Crippen LogP) is 1.40. The molecule has 0 spiro atoms. The van der Waals surface area contributed by atoms with Crippen LogP contribution in [-0.2, 0) is 9.47 Å². The lowest BCUT2D eigenvalue weighted by Crippen LogP contribution is -2.54. The number of rotatable bonds is 0. The zero-order chi connectivity index (χ0) is 12.3. The molecule has 2 heterocycles. The van der Waals surface area contributed by atoms with Crippen molar-refractivity contribution < 1.29 is 9.47 Å². The van der Waals surface area contributed by atoms with Crippen LogP contribution in [-0.4, -0.2) is 25.4 Å². The van der Waals surface area contributed by atoms with Crippen LogP contribution in [0.2, 0.25) is 0 Å². The lowest BCUT2D eigenvalue weighted by molar-refractivity contribution is -0.0779. The fraction of sp³-hybridized carbons (Fsp3) is 0.714. The van der Waals surface area contributed by atoms with Crippen molar-refractivity contribution in [2.75, 3.05) is 13.2 Å². The van der Waals surface area contributed by atoms with E-state index in [1.54, 1.807) is 0 Å². The van der Waals surface area contributed by atoms with E-state index < -0.39 is 0 Å². The molecule has 4 heteroatoms. The monoisotopic (exact) mass is 242 g/mol. The molecule has 3 aliphatic carbocycles. The lowest BCUT2D eigenvalue weighted by atomic mass is 9.55. The highest BCUT2D eigenvalue weighted by Crippen LogP contribution is 2.58. The van der Waals surface area contributed by atoms with Gasteiger partial charge in [-0.15, -0.1) is 0 Å². The van der Waals surface area contributed by atoms with Gasteiger partial charge in [0.05, 0.1) is 24.3 Å². The molecule has 5 aliphatic rings. The highest BCUT2D eigenvalue weighted by Gasteiger charge is 2.61. The SMILES string of the molecule is N#CC1=C(C#N)[C@H]2[C@H]3CCO[C@H]3[C@@H]1[C@H]1CCO[C@H]12. The standard InChI is InChI=1S/C14H14N2O2/c15-5-9-10(6-16)12-8-2-4-18-14(8)11(9)7-1-3-17-13(7)12/h7-8,11-14H,1-4H2/t7-,8-,11-,12-,13-,14-/m1/s1. The summed E-state index contributed by atoms with van der Waals surface area (Å²) in [4.78, 5) is 0. The van der Waals surface area contributed by atoms with E-state index in [0.29, 0.717) is 23.0 Å². The Morgan fingerprint density at radius 1 is 0.833 bits per heavy atom. The Bertz CT molecular complexity index is 447. The Kier molecular flexibility index (Phi) is 2.09. The first-order chi connectivity index (χ1) is 8.86. The quantitative estimate of drug-likeness (QED) is 0.644. The number of nitrogens with zero attached hydrogens (tertiary/aromatic N) is 2. The van der Waals surface area contributed by atoms with Gasteiger partial charge in [0.2, 0.25) is 0 Å². The summed E-state index contributed by atoms with van der Waals surface area (Å²) in [6.07, 6.45) is 2.32. The van der Waals surface area contributed by atoms with Gasteiger partial charge in [-0.2, -0.15) is 10.5 Å². The van der Waals surface area contributed by atoms with Crippen molar-refractivity contribution in [3.8, 4) is 12.1 Å². The van der Waals surface area contributed by atoms with Crippen LogP contribution < -0.4 is 0 Å². The average Bonchev–Trinajstić information content (AvgIpc) is 3.06. The Labute approximate surface area is 106 Å². The largest absolute Gasteiger partial charge is 0.377 e. The molecule has 18 heavy (non-hydrogen) atoms. The first kappa shape index (κ1) is 10.6. The van der Waals surface area contributed by atoms with Gasteiger partial charge in [0.15, 0.2) is 0 Å². The summed E-state index contributed by atoms with van der Waals surface area (Å²) >= 11 is 0. The summed E-state index contributed by atoms with van der Waals surface area (Å²) in [5.74, 6) is 0.992. The van der Waals surface area contributed by atoms with Crippen LogP contribution in [0.15, 0.2) is 11.1 Å². The van der Waals surface area contributed by atoms with E-state index in [1.165, 1.54) is 0 Å². The van der Waals surface area contributed by atoms with E-state index in [-0.39, 0.29) is 24.0 Å². The summed E-state index contributed by atoms with van der Waals surface area (Å²) in [6, 6.07) is 4.57. The summed E-state index contributed by atoms with van der Waals surface area (Å²) in [6.45, 7) is 1.53. The molecule has 0 N–H and O–H groups in total. The Morgan fingerprint density at radius 3 is 1.67 bits per heavy atom. The van der Waals surface area contributed by atoms with Gasteiger partial charge in [-0.1, -0.05) is 0 Å². The minimum absolute atomic E-state index is 0.106. The van der Waals surface area contributed by atoms with Gasteiger partial charge in [0, 0.05) is 36.2 Å². The number of nitriles is 2. The lowest BCUT2D eigenvalue weighted by Gasteiger charge is -2.50. The molecule has 0 aromatic heterocycles. The first-order valence-corrected chi connectivity index (χ1v) is 6.64. The van der Waals surface area contributed by atoms with Gasteiger partial charge >= 0.3 is 0 Å². The molecule has 2 saturated heterocycles. The molecule has 0 unspecified atom stereocenters. The molecule has 5 rings (SSSR count). The smallest absolute Gasteiger partial charge is 0.0961 e. The van der Waals surface area contributed by atoms with Crippen molar-refractivity contribution in [1.82, 2.24) is 0 Å². The number of hydrogen-bond acceptors (Lipinski definition) is 4. The van der Waals surface area contributed by atoms with Crippen molar-refractivity contribution in [2.45, 2.75) is 25.0 Å². The zero-order valence-corrected chi connectivity index (χ0v) is 10.0. The van der Waals surface area contributed by atoms with Crippen LogP contribution in [0.1, 0.15) is 12.8 Å². The zero-order valence-electron chi connectivity index (χ0n) is 10.0. The van der Waals surface area contributed by atoms with Gasteiger partial charge < -0.3 is 9.47 Å². The van der Waals surface area contributed by atoms with E-state index in [2.05, 4.69) is 12.1 Å². The van der Waals surface area contributed by atoms with Crippen LogP contribution in [0.3, 0.4) is 0 Å². The van der Waals surface area contributed by atoms with Gasteiger partial charge in [-0.25, -0.2) is 0 Å². The third kappa shape index (κ3) is 1.06. The van der Waals surface area contributed by atoms with Crippen LogP contribution >= 0.6 is 0 Å². The van der Waals surface area contributed by atoms with Crippen LogP contribution in [0, 0.1) is 46.3 Å². The number of ether oxygens (including phenoxy) is 2. The van der Waals surface area contributed by atoms with Crippen LogP contribution in [0.4, 0.5) is 0 Å². The van der Waals surface area contributed by atoms with E-state index in [1.807, 2.05) is 0 Å². The van der Waals surface area contributed by atoms with Crippen molar-refractivity contribution in [3.05, 3.63) is 11.1 Å². The number of hydrogen-bond donors (Lipinski definition) is 0. The molecule has 1 saturated carbocycles. The van der Waals surface area contributed by atoms with Crippen molar-refractivity contribution in [3.63, 3.8) is 0 Å². The molecule has 2 bridgehead atoms. The van der Waals surface area contributed by atoms with Crippen LogP contribution in [0.5, 0.6) is 0 Å². The summed E-state index contributed by atoms with van der Waals surface area (Å²) in [5, 5.41) is 18.8. The molecule has 0 amide bonds. The third-order valence-electron chi connectivity index (χ3n) is 5.20. The molecule has 4 nitrogen and oxygen atoms in total. The fourth-order valence-electron chi connectivity index (χ4n) is 4.64. The van der Waals surface area contributed by atoms with Crippen molar-refractivity contribution in [1.29, 1.82) is 10.5 Å². The van der Waals surface area contributed by atoms with Gasteiger partial charge in [0.1, 0.15) is 0 Å². The molecule has 3 fully saturated rings. The van der Waals surface area contributed by atoms with Gasteiger partial charge in [-0.05, 0) is 24.7 Å². The fourth-order valence-corrected chi connectivity index (χ4v) is 4.64.